The molecular formula is C14H19BrN2O3. The third-order valence-corrected chi connectivity index (χ3v) is 3.15. The van der Waals surface area contributed by atoms with Gasteiger partial charge in [0.05, 0.1) is 0 Å². The molecule has 110 valence electrons. The van der Waals surface area contributed by atoms with Gasteiger partial charge in [0.25, 0.3) is 0 Å². The second kappa shape index (κ2) is 6.26. The number of nitrogens with one attached hydrogen (secondary N) is 2. The average Bonchev–Trinajstić information content (AvgIpc) is 2.22. The molecule has 0 saturated heterocycles. The van der Waals surface area contributed by atoms with Crippen molar-refractivity contribution in [2.24, 2.45) is 5.41 Å². The summed E-state index contributed by atoms with van der Waals surface area (Å²) in [6.45, 7) is 7.18. The zero-order valence-corrected chi connectivity index (χ0v) is 13.5. The SMILES string of the molecule is Cc1cc(Br)cc(NC(=O)N[C@H](C(=O)O)C(C)(C)C)c1. The molecule has 0 saturated carbocycles. The fourth-order valence-electron chi connectivity index (χ4n) is 1.76. The van der Waals surface area contributed by atoms with E-state index in [1.165, 1.54) is 0 Å². The number of anilines is 1. The van der Waals surface area contributed by atoms with E-state index in [0.717, 1.165) is 10.0 Å². The first-order chi connectivity index (χ1) is 9.09. The third kappa shape index (κ3) is 4.85. The van der Waals surface area contributed by atoms with Crippen molar-refractivity contribution >= 4 is 33.6 Å². The van der Waals surface area contributed by atoms with Crippen molar-refractivity contribution < 1.29 is 14.7 Å². The fourth-order valence-corrected chi connectivity index (χ4v) is 2.36. The van der Waals surface area contributed by atoms with Crippen LogP contribution in [-0.4, -0.2) is 23.1 Å². The first kappa shape index (κ1) is 16.5. The Bertz CT molecular complexity index is 503. The predicted octanol–water partition coefficient (Wildman–Crippen LogP) is 3.38. The van der Waals surface area contributed by atoms with Crippen molar-refractivity contribution in [3.8, 4) is 0 Å². The Kier molecular flexibility index (Phi) is 5.16. The standard InChI is InChI=1S/C14H19BrN2O3/c1-8-5-9(15)7-10(6-8)16-13(20)17-11(12(18)19)14(2,3)4/h5-7,11H,1-4H3,(H,18,19)(H2,16,17,20)/t11-/m1/s1. The summed E-state index contributed by atoms with van der Waals surface area (Å²) in [5.74, 6) is -1.06. The molecule has 0 radical (unpaired) electrons. The largest absolute Gasteiger partial charge is 0.480 e. The zero-order valence-electron chi connectivity index (χ0n) is 12.0. The summed E-state index contributed by atoms with van der Waals surface area (Å²) in [4.78, 5) is 23.1. The molecular weight excluding hydrogens is 324 g/mol. The number of halogens is 1. The highest BCUT2D eigenvalue weighted by atomic mass is 79.9. The smallest absolute Gasteiger partial charge is 0.326 e. The van der Waals surface area contributed by atoms with Gasteiger partial charge in [0, 0.05) is 10.2 Å². The Balaban J connectivity index is 2.78. The van der Waals surface area contributed by atoms with Crippen LogP contribution >= 0.6 is 15.9 Å². The maximum Gasteiger partial charge on any atom is 0.326 e. The Morgan fingerprint density at radius 1 is 1.25 bits per heavy atom. The van der Waals surface area contributed by atoms with Crippen LogP contribution in [0.2, 0.25) is 0 Å². The Hall–Kier alpha value is -1.56. The van der Waals surface area contributed by atoms with Crippen LogP contribution in [0.25, 0.3) is 0 Å². The van der Waals surface area contributed by atoms with Gasteiger partial charge in [-0.2, -0.15) is 0 Å². The Morgan fingerprint density at radius 2 is 1.85 bits per heavy atom. The van der Waals surface area contributed by atoms with Crippen LogP contribution in [0, 0.1) is 12.3 Å². The molecule has 0 aliphatic heterocycles. The van der Waals surface area contributed by atoms with E-state index in [4.69, 9.17) is 5.11 Å². The zero-order chi connectivity index (χ0) is 15.5. The number of carboxylic acid groups (broad SMARTS) is 1. The van der Waals surface area contributed by atoms with Gasteiger partial charge < -0.3 is 15.7 Å². The fraction of sp³-hybridized carbons (Fsp3) is 0.429. The van der Waals surface area contributed by atoms with E-state index in [9.17, 15) is 9.59 Å². The highest BCUT2D eigenvalue weighted by molar-refractivity contribution is 9.10. The molecule has 0 aliphatic carbocycles. The lowest BCUT2D eigenvalue weighted by Crippen LogP contribution is -2.50. The molecule has 0 aliphatic rings. The first-order valence-corrected chi connectivity index (χ1v) is 6.96. The number of amides is 2. The first-order valence-electron chi connectivity index (χ1n) is 6.17. The lowest BCUT2D eigenvalue weighted by molar-refractivity contribution is -0.141. The number of carbonyl (C=O) groups excluding carboxylic acids is 1. The lowest BCUT2D eigenvalue weighted by Gasteiger charge is -2.27. The van der Waals surface area contributed by atoms with Crippen molar-refractivity contribution in [3.63, 3.8) is 0 Å². The van der Waals surface area contributed by atoms with Crippen LogP contribution in [0.3, 0.4) is 0 Å². The maximum atomic E-state index is 11.9. The van der Waals surface area contributed by atoms with Gasteiger partial charge in [0.15, 0.2) is 0 Å². The van der Waals surface area contributed by atoms with Crippen LogP contribution in [-0.2, 0) is 4.79 Å². The molecule has 0 aromatic heterocycles. The second-order valence-electron chi connectivity index (χ2n) is 5.75. The highest BCUT2D eigenvalue weighted by Gasteiger charge is 2.32. The van der Waals surface area contributed by atoms with Crippen molar-refractivity contribution in [1.82, 2.24) is 5.32 Å². The number of carbonyl (C=O) groups is 2. The number of urea groups is 1. The summed E-state index contributed by atoms with van der Waals surface area (Å²) in [6, 6.07) is 3.97. The molecule has 2 amide bonds. The van der Waals surface area contributed by atoms with Crippen molar-refractivity contribution in [1.29, 1.82) is 0 Å². The van der Waals surface area contributed by atoms with E-state index < -0.39 is 23.5 Å². The number of rotatable bonds is 3. The molecule has 0 unspecified atom stereocenters. The van der Waals surface area contributed by atoms with Crippen molar-refractivity contribution in [2.45, 2.75) is 33.7 Å². The predicted molar refractivity (Wildman–Crippen MR) is 81.9 cm³/mol. The molecule has 0 fully saturated rings. The molecule has 1 rings (SSSR count). The minimum atomic E-state index is -1.06. The van der Waals surface area contributed by atoms with E-state index in [1.54, 1.807) is 32.9 Å². The lowest BCUT2D eigenvalue weighted by atomic mass is 9.87. The van der Waals surface area contributed by atoms with Crippen LogP contribution < -0.4 is 10.6 Å². The second-order valence-corrected chi connectivity index (χ2v) is 6.67. The summed E-state index contributed by atoms with van der Waals surface area (Å²) >= 11 is 3.34. The minimum Gasteiger partial charge on any atom is -0.480 e. The van der Waals surface area contributed by atoms with Gasteiger partial charge in [-0.3, -0.25) is 0 Å². The van der Waals surface area contributed by atoms with Gasteiger partial charge in [-0.15, -0.1) is 0 Å². The summed E-state index contributed by atoms with van der Waals surface area (Å²) in [6.07, 6.45) is 0. The number of aliphatic carboxylic acids is 1. The summed E-state index contributed by atoms with van der Waals surface area (Å²) in [5.41, 5.74) is 1.02. The maximum absolute atomic E-state index is 11.9. The molecule has 1 aromatic carbocycles. The quantitative estimate of drug-likeness (QED) is 0.787. The molecule has 6 heteroatoms. The van der Waals surface area contributed by atoms with E-state index in [1.807, 2.05) is 13.0 Å². The van der Waals surface area contributed by atoms with Crippen LogP contribution in [0.15, 0.2) is 22.7 Å². The van der Waals surface area contributed by atoms with Gasteiger partial charge >= 0.3 is 12.0 Å². The molecule has 1 aromatic rings. The molecule has 3 N–H and O–H groups in total. The monoisotopic (exact) mass is 342 g/mol. The molecule has 0 bridgehead atoms. The Morgan fingerprint density at radius 3 is 2.30 bits per heavy atom. The van der Waals surface area contributed by atoms with E-state index in [2.05, 4.69) is 26.6 Å². The summed E-state index contributed by atoms with van der Waals surface area (Å²) in [5, 5.41) is 14.3. The molecule has 5 nitrogen and oxygen atoms in total. The normalized spacial score (nSPS) is 12.7. The Labute approximate surface area is 126 Å². The molecule has 0 heterocycles. The third-order valence-electron chi connectivity index (χ3n) is 2.69. The molecule has 1 atom stereocenters. The van der Waals surface area contributed by atoms with Crippen LogP contribution in [0.1, 0.15) is 26.3 Å². The van der Waals surface area contributed by atoms with Gasteiger partial charge in [-0.05, 0) is 36.1 Å². The van der Waals surface area contributed by atoms with Crippen LogP contribution in [0.5, 0.6) is 0 Å². The average molecular weight is 343 g/mol. The number of hydrogen-bond donors (Lipinski definition) is 3. The van der Waals surface area contributed by atoms with E-state index in [-0.39, 0.29) is 0 Å². The number of hydrogen-bond acceptors (Lipinski definition) is 2. The van der Waals surface area contributed by atoms with E-state index in [0.29, 0.717) is 5.69 Å². The number of benzene rings is 1. The van der Waals surface area contributed by atoms with Gasteiger partial charge in [-0.25, -0.2) is 9.59 Å². The van der Waals surface area contributed by atoms with Gasteiger partial charge in [-0.1, -0.05) is 36.7 Å². The van der Waals surface area contributed by atoms with Crippen LogP contribution in [0.4, 0.5) is 10.5 Å². The van der Waals surface area contributed by atoms with Crippen molar-refractivity contribution in [3.05, 3.63) is 28.2 Å². The molecule has 0 spiro atoms. The summed E-state index contributed by atoms with van der Waals surface area (Å²) in [7, 11) is 0. The topological polar surface area (TPSA) is 78.4 Å². The van der Waals surface area contributed by atoms with Gasteiger partial charge in [0.2, 0.25) is 0 Å². The number of aryl methyl sites for hydroxylation is 1. The minimum absolute atomic E-state index is 0.537. The van der Waals surface area contributed by atoms with Gasteiger partial charge in [0.1, 0.15) is 6.04 Å². The number of carboxylic acids is 1. The molecule has 20 heavy (non-hydrogen) atoms. The highest BCUT2D eigenvalue weighted by Crippen LogP contribution is 2.21. The summed E-state index contributed by atoms with van der Waals surface area (Å²) < 4.78 is 0.846. The van der Waals surface area contributed by atoms with E-state index >= 15 is 0 Å². The van der Waals surface area contributed by atoms with Crippen molar-refractivity contribution in [2.75, 3.05) is 5.32 Å².